The standard InChI is InChI=1S/C12H17NO.ClH/c1-7-6-8(2)12(14)11-9(7)4-5-10(11)13-3;/h6,10,13-14H,4-5H2,1-3H3;1H. The van der Waals surface area contributed by atoms with Crippen LogP contribution >= 0.6 is 12.4 Å². The van der Waals surface area contributed by atoms with Crippen molar-refractivity contribution in [3.8, 4) is 5.75 Å². The maximum absolute atomic E-state index is 10.0. The van der Waals surface area contributed by atoms with Gasteiger partial charge in [0.15, 0.2) is 0 Å². The number of aromatic hydroxyl groups is 1. The molecule has 84 valence electrons. The monoisotopic (exact) mass is 227 g/mol. The van der Waals surface area contributed by atoms with Crippen molar-refractivity contribution < 1.29 is 5.11 Å². The second-order valence-electron chi connectivity index (χ2n) is 4.13. The van der Waals surface area contributed by atoms with E-state index in [-0.39, 0.29) is 12.4 Å². The molecule has 0 bridgehead atoms. The third-order valence-electron chi connectivity index (χ3n) is 3.24. The zero-order valence-corrected chi connectivity index (χ0v) is 10.2. The fraction of sp³-hybridized carbons (Fsp3) is 0.500. The molecule has 1 aromatic carbocycles. The van der Waals surface area contributed by atoms with Crippen LogP contribution in [0.3, 0.4) is 0 Å². The molecule has 1 unspecified atom stereocenters. The zero-order chi connectivity index (χ0) is 10.3. The first kappa shape index (κ1) is 12.3. The molecule has 0 spiro atoms. The fourth-order valence-corrected chi connectivity index (χ4v) is 2.48. The molecule has 0 amide bonds. The van der Waals surface area contributed by atoms with Crippen LogP contribution in [0.2, 0.25) is 0 Å². The van der Waals surface area contributed by atoms with E-state index in [0.717, 1.165) is 24.0 Å². The average Bonchev–Trinajstić information content (AvgIpc) is 2.58. The number of halogens is 1. The van der Waals surface area contributed by atoms with E-state index in [9.17, 15) is 5.11 Å². The van der Waals surface area contributed by atoms with Crippen LogP contribution in [0, 0.1) is 13.8 Å². The first-order valence-corrected chi connectivity index (χ1v) is 5.14. The van der Waals surface area contributed by atoms with E-state index in [4.69, 9.17) is 0 Å². The van der Waals surface area contributed by atoms with Crippen molar-refractivity contribution in [2.24, 2.45) is 0 Å². The minimum absolute atomic E-state index is 0. The summed E-state index contributed by atoms with van der Waals surface area (Å²) in [6.07, 6.45) is 2.18. The number of aryl methyl sites for hydroxylation is 2. The number of hydrogen-bond donors (Lipinski definition) is 2. The van der Waals surface area contributed by atoms with Crippen molar-refractivity contribution in [1.29, 1.82) is 0 Å². The predicted molar refractivity (Wildman–Crippen MR) is 65.0 cm³/mol. The number of hydrogen-bond acceptors (Lipinski definition) is 2. The lowest BCUT2D eigenvalue weighted by Crippen LogP contribution is -2.13. The SMILES string of the molecule is CNC1CCc2c(C)cc(C)c(O)c21.Cl. The molecule has 2 N–H and O–H groups in total. The Morgan fingerprint density at radius 1 is 1.33 bits per heavy atom. The molecule has 0 aromatic heterocycles. The van der Waals surface area contributed by atoms with Gasteiger partial charge in [0.25, 0.3) is 0 Å². The summed E-state index contributed by atoms with van der Waals surface area (Å²) in [4.78, 5) is 0. The van der Waals surface area contributed by atoms with Crippen molar-refractivity contribution in [2.75, 3.05) is 7.05 Å². The van der Waals surface area contributed by atoms with E-state index in [1.165, 1.54) is 11.1 Å². The van der Waals surface area contributed by atoms with Gasteiger partial charge in [-0.15, -0.1) is 12.4 Å². The summed E-state index contributed by atoms with van der Waals surface area (Å²) in [6, 6.07) is 2.41. The van der Waals surface area contributed by atoms with Crippen LogP contribution < -0.4 is 5.32 Å². The number of nitrogens with one attached hydrogen (secondary N) is 1. The van der Waals surface area contributed by atoms with Crippen LogP contribution in [0.15, 0.2) is 6.07 Å². The number of phenols is 1. The van der Waals surface area contributed by atoms with Crippen molar-refractivity contribution in [3.63, 3.8) is 0 Å². The quantitative estimate of drug-likeness (QED) is 0.773. The van der Waals surface area contributed by atoms with Crippen molar-refractivity contribution in [2.45, 2.75) is 32.7 Å². The lowest BCUT2D eigenvalue weighted by Gasteiger charge is -2.14. The van der Waals surface area contributed by atoms with Gasteiger partial charge in [-0.3, -0.25) is 0 Å². The lowest BCUT2D eigenvalue weighted by atomic mass is 9.98. The normalized spacial score (nSPS) is 18.5. The molecule has 1 atom stereocenters. The maximum atomic E-state index is 10.0. The third-order valence-corrected chi connectivity index (χ3v) is 3.24. The van der Waals surface area contributed by atoms with Crippen LogP contribution in [-0.2, 0) is 6.42 Å². The summed E-state index contributed by atoms with van der Waals surface area (Å²) in [5.41, 5.74) is 4.77. The van der Waals surface area contributed by atoms with Gasteiger partial charge in [-0.1, -0.05) is 6.07 Å². The second kappa shape index (κ2) is 4.42. The minimum atomic E-state index is 0. The number of phenolic OH excluding ortho intramolecular Hbond substituents is 1. The predicted octanol–water partition coefficient (Wildman–Crippen LogP) is 2.64. The van der Waals surface area contributed by atoms with Gasteiger partial charge < -0.3 is 10.4 Å². The highest BCUT2D eigenvalue weighted by Crippen LogP contribution is 2.40. The Kier molecular flexibility index (Phi) is 3.63. The molecule has 1 aliphatic rings. The summed E-state index contributed by atoms with van der Waals surface area (Å²) in [6.45, 7) is 4.09. The number of rotatable bonds is 1. The van der Waals surface area contributed by atoms with Gasteiger partial charge in [0.05, 0.1) is 0 Å². The topological polar surface area (TPSA) is 32.3 Å². The van der Waals surface area contributed by atoms with E-state index in [1.807, 2.05) is 14.0 Å². The van der Waals surface area contributed by atoms with E-state index in [2.05, 4.69) is 18.3 Å². The number of fused-ring (bicyclic) bond motifs is 1. The Morgan fingerprint density at radius 3 is 2.60 bits per heavy atom. The molecule has 0 saturated carbocycles. The Bertz CT molecular complexity index is 376. The van der Waals surface area contributed by atoms with Gasteiger partial charge in [-0.2, -0.15) is 0 Å². The highest BCUT2D eigenvalue weighted by atomic mass is 35.5. The Balaban J connectivity index is 0.00000112. The summed E-state index contributed by atoms with van der Waals surface area (Å²) < 4.78 is 0. The van der Waals surface area contributed by atoms with Crippen LogP contribution in [0.25, 0.3) is 0 Å². The smallest absolute Gasteiger partial charge is 0.123 e. The Morgan fingerprint density at radius 2 is 2.00 bits per heavy atom. The lowest BCUT2D eigenvalue weighted by molar-refractivity contribution is 0.452. The molecule has 15 heavy (non-hydrogen) atoms. The Hall–Kier alpha value is -0.730. The Labute approximate surface area is 97.1 Å². The van der Waals surface area contributed by atoms with E-state index in [1.54, 1.807) is 0 Å². The molecular weight excluding hydrogens is 210 g/mol. The van der Waals surface area contributed by atoms with Crippen LogP contribution in [0.4, 0.5) is 0 Å². The maximum Gasteiger partial charge on any atom is 0.123 e. The van der Waals surface area contributed by atoms with E-state index >= 15 is 0 Å². The average molecular weight is 228 g/mol. The zero-order valence-electron chi connectivity index (χ0n) is 9.42. The van der Waals surface area contributed by atoms with Gasteiger partial charge in [0.1, 0.15) is 5.75 Å². The highest BCUT2D eigenvalue weighted by Gasteiger charge is 2.26. The molecule has 3 heteroatoms. The third kappa shape index (κ3) is 1.84. The van der Waals surface area contributed by atoms with Gasteiger partial charge in [0.2, 0.25) is 0 Å². The summed E-state index contributed by atoms with van der Waals surface area (Å²) in [5, 5.41) is 13.3. The van der Waals surface area contributed by atoms with Crippen LogP contribution in [-0.4, -0.2) is 12.2 Å². The van der Waals surface area contributed by atoms with E-state index < -0.39 is 0 Å². The van der Waals surface area contributed by atoms with Gasteiger partial charge in [0, 0.05) is 11.6 Å². The second-order valence-corrected chi connectivity index (χ2v) is 4.13. The van der Waals surface area contributed by atoms with Crippen LogP contribution in [0.1, 0.15) is 34.7 Å². The summed E-state index contributed by atoms with van der Waals surface area (Å²) in [5.74, 6) is 0.488. The van der Waals surface area contributed by atoms with Gasteiger partial charge >= 0.3 is 0 Å². The first-order chi connectivity index (χ1) is 6.65. The van der Waals surface area contributed by atoms with Crippen molar-refractivity contribution in [3.05, 3.63) is 28.3 Å². The summed E-state index contributed by atoms with van der Waals surface area (Å²) in [7, 11) is 1.96. The minimum Gasteiger partial charge on any atom is -0.507 e. The van der Waals surface area contributed by atoms with Crippen LogP contribution in [0.5, 0.6) is 5.75 Å². The number of benzene rings is 1. The molecule has 0 fully saturated rings. The summed E-state index contributed by atoms with van der Waals surface area (Å²) >= 11 is 0. The molecule has 0 aliphatic heterocycles. The van der Waals surface area contributed by atoms with Gasteiger partial charge in [-0.25, -0.2) is 0 Å². The molecule has 0 saturated heterocycles. The largest absolute Gasteiger partial charge is 0.507 e. The molecule has 0 radical (unpaired) electrons. The highest BCUT2D eigenvalue weighted by molar-refractivity contribution is 5.85. The van der Waals surface area contributed by atoms with Gasteiger partial charge in [-0.05, 0) is 50.4 Å². The van der Waals surface area contributed by atoms with Crippen molar-refractivity contribution >= 4 is 12.4 Å². The van der Waals surface area contributed by atoms with E-state index in [0.29, 0.717) is 11.8 Å². The molecule has 1 aromatic rings. The molecular formula is C12H18ClNO. The fourth-order valence-electron chi connectivity index (χ4n) is 2.48. The first-order valence-electron chi connectivity index (χ1n) is 5.14. The molecule has 1 aliphatic carbocycles. The molecule has 2 nitrogen and oxygen atoms in total. The molecule has 0 heterocycles. The molecule has 2 rings (SSSR count). The van der Waals surface area contributed by atoms with Crippen molar-refractivity contribution in [1.82, 2.24) is 5.32 Å².